The van der Waals surface area contributed by atoms with E-state index in [1.807, 2.05) is 6.92 Å². The summed E-state index contributed by atoms with van der Waals surface area (Å²) in [6.45, 7) is 13.8. The van der Waals surface area contributed by atoms with Gasteiger partial charge >= 0.3 is 0 Å². The summed E-state index contributed by atoms with van der Waals surface area (Å²) in [4.78, 5) is 12.7. The van der Waals surface area contributed by atoms with Crippen LogP contribution in [0.5, 0.6) is 0 Å². The minimum atomic E-state index is -0.892. The Balaban J connectivity index is 2.39. The van der Waals surface area contributed by atoms with Crippen molar-refractivity contribution in [1.29, 1.82) is 0 Å². The first-order chi connectivity index (χ1) is 10.4. The third-order valence-electron chi connectivity index (χ3n) is 6.26. The normalized spacial score (nSPS) is 39.2. The summed E-state index contributed by atoms with van der Waals surface area (Å²) in [6, 6.07) is 0. The molecule has 5 atom stereocenters. The van der Waals surface area contributed by atoms with E-state index in [4.69, 9.17) is 0 Å². The predicted molar refractivity (Wildman–Crippen MR) is 92.9 cm³/mol. The highest BCUT2D eigenvalue weighted by molar-refractivity contribution is 5.95. The Bertz CT molecular complexity index is 529. The zero-order valence-electron chi connectivity index (χ0n) is 15.2. The van der Waals surface area contributed by atoms with E-state index in [1.54, 1.807) is 19.1 Å². The van der Waals surface area contributed by atoms with Crippen LogP contribution >= 0.6 is 0 Å². The third-order valence-corrected chi connectivity index (χ3v) is 6.26. The van der Waals surface area contributed by atoms with Gasteiger partial charge < -0.3 is 10.2 Å². The van der Waals surface area contributed by atoms with Crippen molar-refractivity contribution in [3.05, 3.63) is 24.3 Å². The van der Waals surface area contributed by atoms with Gasteiger partial charge in [-0.05, 0) is 62.4 Å². The molecule has 2 rings (SSSR count). The molecular formula is C20H32O3. The first kappa shape index (κ1) is 18.4. The highest BCUT2D eigenvalue weighted by atomic mass is 16.3. The Morgan fingerprint density at radius 2 is 2.00 bits per heavy atom. The fraction of sp³-hybridized carbons (Fsp3) is 0.750. The molecule has 1 saturated carbocycles. The maximum atomic E-state index is 12.7. The number of carbonyl (C=O) groups excluding carboxylic acids is 1. The Morgan fingerprint density at radius 1 is 1.39 bits per heavy atom. The lowest BCUT2D eigenvalue weighted by Crippen LogP contribution is -2.55. The number of rotatable bonds is 4. The fourth-order valence-electron chi connectivity index (χ4n) is 5.39. The predicted octanol–water partition coefficient (Wildman–Crippen LogP) is 3.65. The van der Waals surface area contributed by atoms with Crippen LogP contribution in [0.2, 0.25) is 0 Å². The molecule has 23 heavy (non-hydrogen) atoms. The van der Waals surface area contributed by atoms with E-state index in [0.29, 0.717) is 19.3 Å². The molecule has 0 bridgehead atoms. The summed E-state index contributed by atoms with van der Waals surface area (Å²) in [6.07, 6.45) is 5.75. The molecule has 1 fully saturated rings. The van der Waals surface area contributed by atoms with Gasteiger partial charge in [0.05, 0.1) is 11.7 Å². The van der Waals surface area contributed by atoms with E-state index >= 15 is 0 Å². The third kappa shape index (κ3) is 3.32. The summed E-state index contributed by atoms with van der Waals surface area (Å²) in [5.41, 5.74) is -0.275. The van der Waals surface area contributed by atoms with Gasteiger partial charge in [0.1, 0.15) is 0 Å². The summed E-state index contributed by atoms with van der Waals surface area (Å²) >= 11 is 0. The summed E-state index contributed by atoms with van der Waals surface area (Å²) in [7, 11) is 0. The topological polar surface area (TPSA) is 57.5 Å². The van der Waals surface area contributed by atoms with Crippen molar-refractivity contribution in [3.63, 3.8) is 0 Å². The van der Waals surface area contributed by atoms with Crippen molar-refractivity contribution >= 4 is 5.78 Å². The smallest absolute Gasteiger partial charge is 0.159 e. The van der Waals surface area contributed by atoms with Crippen LogP contribution in [0.1, 0.15) is 60.3 Å². The van der Waals surface area contributed by atoms with Gasteiger partial charge in [-0.15, -0.1) is 6.58 Å². The molecule has 0 radical (unpaired) electrons. The second-order valence-electron chi connectivity index (χ2n) is 8.93. The summed E-state index contributed by atoms with van der Waals surface area (Å²) in [5.74, 6) is 0.334. The van der Waals surface area contributed by atoms with Gasteiger partial charge in [-0.25, -0.2) is 0 Å². The van der Waals surface area contributed by atoms with Gasteiger partial charge in [0.15, 0.2) is 5.78 Å². The number of hydrogen-bond donors (Lipinski definition) is 2. The minimum Gasteiger partial charge on any atom is -0.393 e. The lowest BCUT2D eigenvalue weighted by molar-refractivity contribution is -0.145. The van der Waals surface area contributed by atoms with Gasteiger partial charge in [-0.1, -0.05) is 32.4 Å². The van der Waals surface area contributed by atoms with Gasteiger partial charge in [0.25, 0.3) is 0 Å². The SMILES string of the molecule is C=C[C@@](C)(O)CC[C@H]1C(C)=CC(=O)[C@H]2C(C)(C)C[C@H](O)C[C@]12C. The Hall–Kier alpha value is -0.930. The van der Waals surface area contributed by atoms with Crippen molar-refractivity contribution in [1.82, 2.24) is 0 Å². The first-order valence-electron chi connectivity index (χ1n) is 8.69. The van der Waals surface area contributed by atoms with Crippen molar-refractivity contribution in [2.75, 3.05) is 0 Å². The van der Waals surface area contributed by atoms with E-state index in [9.17, 15) is 15.0 Å². The molecule has 0 aromatic carbocycles. The van der Waals surface area contributed by atoms with Gasteiger partial charge in [-0.2, -0.15) is 0 Å². The average Bonchev–Trinajstić information content (AvgIpc) is 2.34. The Labute approximate surface area is 140 Å². The molecule has 2 N–H and O–H groups in total. The average molecular weight is 320 g/mol. The van der Waals surface area contributed by atoms with Crippen LogP contribution in [0.3, 0.4) is 0 Å². The summed E-state index contributed by atoms with van der Waals surface area (Å²) in [5, 5.41) is 20.7. The maximum absolute atomic E-state index is 12.7. The van der Waals surface area contributed by atoms with E-state index in [-0.39, 0.29) is 34.6 Å². The zero-order chi connectivity index (χ0) is 17.6. The van der Waals surface area contributed by atoms with Crippen molar-refractivity contribution in [2.45, 2.75) is 72.0 Å². The molecule has 3 nitrogen and oxygen atoms in total. The molecule has 2 aliphatic rings. The molecule has 3 heteroatoms. The van der Waals surface area contributed by atoms with E-state index < -0.39 is 5.60 Å². The molecule has 0 aliphatic heterocycles. The van der Waals surface area contributed by atoms with Crippen LogP contribution < -0.4 is 0 Å². The number of hydrogen-bond acceptors (Lipinski definition) is 3. The molecule has 0 heterocycles. The first-order valence-corrected chi connectivity index (χ1v) is 8.69. The monoisotopic (exact) mass is 320 g/mol. The number of allylic oxidation sites excluding steroid dienone is 2. The number of aliphatic hydroxyl groups is 2. The van der Waals surface area contributed by atoms with Gasteiger partial charge in [0, 0.05) is 5.92 Å². The van der Waals surface area contributed by atoms with Crippen LogP contribution in [-0.2, 0) is 4.79 Å². The van der Waals surface area contributed by atoms with Gasteiger partial charge in [0.2, 0.25) is 0 Å². The second-order valence-corrected chi connectivity index (χ2v) is 8.93. The largest absolute Gasteiger partial charge is 0.393 e. The lowest BCUT2D eigenvalue weighted by atomic mass is 9.47. The Kier molecular flexibility index (Phi) is 4.69. The second kappa shape index (κ2) is 5.86. The summed E-state index contributed by atoms with van der Waals surface area (Å²) < 4.78 is 0. The molecule has 0 amide bonds. The van der Waals surface area contributed by atoms with Crippen molar-refractivity contribution < 1.29 is 15.0 Å². The van der Waals surface area contributed by atoms with E-state index in [1.165, 1.54) is 0 Å². The minimum absolute atomic E-state index is 0.0687. The zero-order valence-corrected chi connectivity index (χ0v) is 15.2. The van der Waals surface area contributed by atoms with Crippen LogP contribution in [0.25, 0.3) is 0 Å². The number of fused-ring (bicyclic) bond motifs is 1. The van der Waals surface area contributed by atoms with Crippen LogP contribution in [-0.4, -0.2) is 27.7 Å². The van der Waals surface area contributed by atoms with Gasteiger partial charge in [-0.3, -0.25) is 4.79 Å². The quantitative estimate of drug-likeness (QED) is 0.777. The lowest BCUT2D eigenvalue weighted by Gasteiger charge is -2.57. The molecule has 0 saturated heterocycles. The highest BCUT2D eigenvalue weighted by Gasteiger charge is 2.57. The molecule has 0 aromatic rings. The van der Waals surface area contributed by atoms with E-state index in [0.717, 1.165) is 12.0 Å². The standard InChI is InChI=1S/C20H32O3/c1-7-19(5,23)9-8-15-13(2)10-16(22)17-18(3,4)11-14(21)12-20(15,17)6/h7,10,14-15,17,21,23H,1,8-9,11-12H2,2-6H3/t14-,15-,17-,19+,20+/m0/s1. The molecule has 0 aromatic heterocycles. The molecule has 130 valence electrons. The van der Waals surface area contributed by atoms with Crippen LogP contribution in [0.4, 0.5) is 0 Å². The number of carbonyl (C=O) groups is 1. The van der Waals surface area contributed by atoms with Crippen LogP contribution in [0.15, 0.2) is 24.3 Å². The maximum Gasteiger partial charge on any atom is 0.159 e. The fourth-order valence-corrected chi connectivity index (χ4v) is 5.39. The molecule has 0 spiro atoms. The van der Waals surface area contributed by atoms with Crippen LogP contribution in [0, 0.1) is 22.7 Å². The molecular weight excluding hydrogens is 288 g/mol. The molecule has 0 unspecified atom stereocenters. The van der Waals surface area contributed by atoms with E-state index in [2.05, 4.69) is 27.4 Å². The highest BCUT2D eigenvalue weighted by Crippen LogP contribution is 2.59. The number of ketones is 1. The van der Waals surface area contributed by atoms with Crippen molar-refractivity contribution in [2.24, 2.45) is 22.7 Å². The van der Waals surface area contributed by atoms with Crippen molar-refractivity contribution in [3.8, 4) is 0 Å². The number of aliphatic hydroxyl groups excluding tert-OH is 1. The Morgan fingerprint density at radius 3 is 2.57 bits per heavy atom. The molecule has 2 aliphatic carbocycles.